The fourth-order valence-corrected chi connectivity index (χ4v) is 2.20. The highest BCUT2D eigenvalue weighted by Crippen LogP contribution is 2.42. The smallest absolute Gasteiger partial charge is 0.142 e. The summed E-state index contributed by atoms with van der Waals surface area (Å²) in [6.45, 7) is 0. The predicted octanol–water partition coefficient (Wildman–Crippen LogP) is 4.95. The molecule has 3 rings (SSSR count). The molecule has 94 valence electrons. The Hall–Kier alpha value is -0.390. The van der Waals surface area contributed by atoms with E-state index in [2.05, 4.69) is 38.6 Å². The molecule has 1 fully saturated rings. The molecule has 0 saturated heterocycles. The van der Waals surface area contributed by atoms with Crippen molar-refractivity contribution >= 4 is 45.8 Å². The van der Waals surface area contributed by atoms with Crippen LogP contribution in [0.2, 0.25) is 10.3 Å². The van der Waals surface area contributed by atoms with Crippen LogP contribution in [0, 0.1) is 3.57 Å². The molecule has 0 spiro atoms. The van der Waals surface area contributed by atoms with Gasteiger partial charge in [0.2, 0.25) is 0 Å². The second-order valence-corrected chi connectivity index (χ2v) is 5.81. The normalized spacial score (nSPS) is 13.7. The highest BCUT2D eigenvalue weighted by Gasteiger charge is 2.25. The van der Waals surface area contributed by atoms with Crippen molar-refractivity contribution in [3.8, 4) is 0 Å². The molecule has 0 radical (unpaired) electrons. The van der Waals surface area contributed by atoms with E-state index in [1.54, 1.807) is 12.4 Å². The lowest BCUT2D eigenvalue weighted by Gasteiger charge is -1.97. The maximum atomic E-state index is 5.85. The van der Waals surface area contributed by atoms with Gasteiger partial charge in [0, 0.05) is 12.4 Å². The highest BCUT2D eigenvalue weighted by molar-refractivity contribution is 14.1. The minimum Gasteiger partial charge on any atom is -0.244 e. The molecular formula is C13H11Cl2IN2. The molecule has 0 amide bonds. The first-order valence-corrected chi connectivity index (χ1v) is 7.38. The Morgan fingerprint density at radius 1 is 1.00 bits per heavy atom. The number of rotatable bonds is 1. The Balaban J connectivity index is 0.000000138. The Labute approximate surface area is 130 Å². The SMILES string of the molecule is Clc1ncccc1C1CC1.Clc1ncccc1I. The average molecular weight is 393 g/mol. The Morgan fingerprint density at radius 2 is 1.61 bits per heavy atom. The minimum absolute atomic E-state index is 0.577. The van der Waals surface area contributed by atoms with Crippen molar-refractivity contribution in [3.05, 3.63) is 56.1 Å². The van der Waals surface area contributed by atoms with E-state index in [1.807, 2.05) is 18.2 Å². The van der Waals surface area contributed by atoms with Crippen LogP contribution < -0.4 is 0 Å². The molecule has 0 aliphatic heterocycles. The van der Waals surface area contributed by atoms with Gasteiger partial charge in [0.15, 0.2) is 0 Å². The maximum absolute atomic E-state index is 5.85. The second-order valence-electron chi connectivity index (χ2n) is 3.93. The number of aromatic nitrogens is 2. The number of pyridine rings is 2. The van der Waals surface area contributed by atoms with Gasteiger partial charge in [-0.2, -0.15) is 0 Å². The summed E-state index contributed by atoms with van der Waals surface area (Å²) < 4.78 is 0.992. The van der Waals surface area contributed by atoms with Crippen molar-refractivity contribution in [3.63, 3.8) is 0 Å². The van der Waals surface area contributed by atoms with Crippen LogP contribution in [0.25, 0.3) is 0 Å². The van der Waals surface area contributed by atoms with Crippen LogP contribution in [0.15, 0.2) is 36.7 Å². The zero-order valence-corrected chi connectivity index (χ0v) is 13.2. The van der Waals surface area contributed by atoms with E-state index in [0.29, 0.717) is 16.2 Å². The average Bonchev–Trinajstić information content (AvgIpc) is 3.19. The lowest BCUT2D eigenvalue weighted by molar-refractivity contribution is 1.09. The van der Waals surface area contributed by atoms with Crippen LogP contribution in [0.5, 0.6) is 0 Å². The maximum Gasteiger partial charge on any atom is 0.142 e. The van der Waals surface area contributed by atoms with Gasteiger partial charge in [-0.3, -0.25) is 0 Å². The van der Waals surface area contributed by atoms with Gasteiger partial charge in [0.25, 0.3) is 0 Å². The number of halogens is 3. The molecule has 1 aliphatic rings. The molecule has 18 heavy (non-hydrogen) atoms. The molecule has 0 unspecified atom stereocenters. The van der Waals surface area contributed by atoms with Gasteiger partial charge in [0.05, 0.1) is 3.57 Å². The van der Waals surface area contributed by atoms with Crippen LogP contribution in [0.3, 0.4) is 0 Å². The molecular weight excluding hydrogens is 382 g/mol. The first-order valence-electron chi connectivity index (χ1n) is 5.55. The van der Waals surface area contributed by atoms with Gasteiger partial charge in [-0.15, -0.1) is 0 Å². The molecule has 5 heteroatoms. The molecule has 0 atom stereocenters. The second kappa shape index (κ2) is 6.68. The summed E-state index contributed by atoms with van der Waals surface area (Å²) in [4.78, 5) is 7.84. The molecule has 1 saturated carbocycles. The summed E-state index contributed by atoms with van der Waals surface area (Å²) in [7, 11) is 0. The summed E-state index contributed by atoms with van der Waals surface area (Å²) in [5.41, 5.74) is 1.23. The standard InChI is InChI=1S/C8H8ClN.C5H3ClIN/c9-8-7(6-3-4-6)2-1-5-10-8;6-5-4(7)2-1-3-8-5/h1-2,5-6H,3-4H2;1-3H. The van der Waals surface area contributed by atoms with Crippen LogP contribution in [-0.2, 0) is 0 Å². The fraction of sp³-hybridized carbons (Fsp3) is 0.231. The molecule has 0 bridgehead atoms. The van der Waals surface area contributed by atoms with E-state index in [-0.39, 0.29) is 0 Å². The third-order valence-corrected chi connectivity index (χ3v) is 4.33. The van der Waals surface area contributed by atoms with Crippen molar-refractivity contribution in [1.29, 1.82) is 0 Å². The number of hydrogen-bond donors (Lipinski definition) is 0. The van der Waals surface area contributed by atoms with E-state index < -0.39 is 0 Å². The molecule has 2 nitrogen and oxygen atoms in total. The van der Waals surface area contributed by atoms with Crippen molar-refractivity contribution in [2.75, 3.05) is 0 Å². The van der Waals surface area contributed by atoms with Gasteiger partial charge in [-0.1, -0.05) is 29.3 Å². The van der Waals surface area contributed by atoms with Crippen LogP contribution in [0.1, 0.15) is 24.3 Å². The van der Waals surface area contributed by atoms with E-state index in [0.717, 1.165) is 3.57 Å². The molecule has 0 aromatic carbocycles. The summed E-state index contributed by atoms with van der Waals surface area (Å²) in [6, 6.07) is 7.77. The van der Waals surface area contributed by atoms with Crippen LogP contribution in [-0.4, -0.2) is 9.97 Å². The van der Waals surface area contributed by atoms with Crippen molar-refractivity contribution < 1.29 is 0 Å². The zero-order chi connectivity index (χ0) is 13.0. The zero-order valence-electron chi connectivity index (χ0n) is 9.48. The topological polar surface area (TPSA) is 25.8 Å². The van der Waals surface area contributed by atoms with Crippen molar-refractivity contribution in [2.45, 2.75) is 18.8 Å². The quantitative estimate of drug-likeness (QED) is 0.506. The lowest BCUT2D eigenvalue weighted by Crippen LogP contribution is -1.82. The highest BCUT2D eigenvalue weighted by atomic mass is 127. The van der Waals surface area contributed by atoms with E-state index >= 15 is 0 Å². The van der Waals surface area contributed by atoms with Crippen molar-refractivity contribution in [1.82, 2.24) is 9.97 Å². The first kappa shape index (κ1) is 14.0. The molecule has 0 N–H and O–H groups in total. The van der Waals surface area contributed by atoms with E-state index in [4.69, 9.17) is 23.2 Å². The molecule has 1 aliphatic carbocycles. The van der Waals surface area contributed by atoms with Crippen LogP contribution >= 0.6 is 45.8 Å². The largest absolute Gasteiger partial charge is 0.244 e. The van der Waals surface area contributed by atoms with Crippen LogP contribution in [0.4, 0.5) is 0 Å². The van der Waals surface area contributed by atoms with Gasteiger partial charge in [-0.05, 0) is 65.1 Å². The Morgan fingerprint density at radius 3 is 2.06 bits per heavy atom. The summed E-state index contributed by atoms with van der Waals surface area (Å²) >= 11 is 13.6. The van der Waals surface area contributed by atoms with E-state index in [9.17, 15) is 0 Å². The summed E-state index contributed by atoms with van der Waals surface area (Å²) in [5.74, 6) is 0.709. The Kier molecular flexibility index (Phi) is 5.21. The fourth-order valence-electron chi connectivity index (χ4n) is 1.46. The molecule has 2 aromatic rings. The Bertz CT molecular complexity index is 509. The number of nitrogens with zero attached hydrogens (tertiary/aromatic N) is 2. The first-order chi connectivity index (χ1) is 8.68. The number of hydrogen-bond acceptors (Lipinski definition) is 2. The van der Waals surface area contributed by atoms with Gasteiger partial charge in [-0.25, -0.2) is 9.97 Å². The van der Waals surface area contributed by atoms with E-state index in [1.165, 1.54) is 18.4 Å². The third-order valence-electron chi connectivity index (χ3n) is 2.52. The van der Waals surface area contributed by atoms with Crippen molar-refractivity contribution in [2.24, 2.45) is 0 Å². The minimum atomic E-state index is 0.577. The monoisotopic (exact) mass is 392 g/mol. The molecule has 2 aromatic heterocycles. The predicted molar refractivity (Wildman–Crippen MR) is 83.2 cm³/mol. The van der Waals surface area contributed by atoms with Gasteiger partial charge < -0.3 is 0 Å². The van der Waals surface area contributed by atoms with Gasteiger partial charge >= 0.3 is 0 Å². The van der Waals surface area contributed by atoms with Gasteiger partial charge in [0.1, 0.15) is 10.3 Å². The summed E-state index contributed by atoms with van der Waals surface area (Å²) in [5, 5.41) is 1.26. The third kappa shape index (κ3) is 4.07. The lowest BCUT2D eigenvalue weighted by atomic mass is 10.2. The molecule has 2 heterocycles. The summed E-state index contributed by atoms with van der Waals surface area (Å²) in [6.07, 6.45) is 5.97.